The number of aliphatic carboxylic acids is 1. The summed E-state index contributed by atoms with van der Waals surface area (Å²) in [6, 6.07) is 5.53. The lowest BCUT2D eigenvalue weighted by Gasteiger charge is -2.27. The molecule has 1 saturated carbocycles. The summed E-state index contributed by atoms with van der Waals surface area (Å²) in [5.41, 5.74) is 0.881. The summed E-state index contributed by atoms with van der Waals surface area (Å²) in [5, 5.41) is 12.2. The van der Waals surface area contributed by atoms with Crippen LogP contribution < -0.4 is 14.8 Å². The predicted octanol–water partition coefficient (Wildman–Crippen LogP) is 2.14. The van der Waals surface area contributed by atoms with Gasteiger partial charge in [0.1, 0.15) is 6.61 Å². The van der Waals surface area contributed by atoms with Crippen LogP contribution in [0, 0.1) is 11.8 Å². The fourth-order valence-corrected chi connectivity index (χ4v) is 3.34. The molecule has 7 nitrogen and oxygen atoms in total. The first-order valence-electron chi connectivity index (χ1n) is 9.37. The third-order valence-electron chi connectivity index (χ3n) is 4.91. The van der Waals surface area contributed by atoms with Crippen LogP contribution in [-0.2, 0) is 16.1 Å². The minimum Gasteiger partial charge on any atom is -0.493 e. The number of methoxy groups -OCH3 is 1. The number of carboxylic acids is 1. The van der Waals surface area contributed by atoms with E-state index in [1.165, 1.54) is 0 Å². The molecule has 0 spiro atoms. The van der Waals surface area contributed by atoms with Gasteiger partial charge in [-0.25, -0.2) is 0 Å². The Kier molecular flexibility index (Phi) is 7.91. The minimum absolute atomic E-state index is 0.187. The molecule has 0 bridgehead atoms. The standard InChI is InChI=1S/C20H30N2O5/c1-22(2)10-11-27-18-12-14(8-9-17(18)26-3)13-21-19(23)15-6-4-5-7-16(15)20(24)25/h8-9,12,15-16H,4-7,10-11,13H2,1-3H3,(H,21,23)(H,24,25). The molecular weight excluding hydrogens is 348 g/mol. The topological polar surface area (TPSA) is 88.1 Å². The Labute approximate surface area is 160 Å². The third kappa shape index (κ3) is 6.13. The van der Waals surface area contributed by atoms with E-state index in [0.717, 1.165) is 24.9 Å². The third-order valence-corrected chi connectivity index (χ3v) is 4.91. The number of nitrogens with one attached hydrogen (secondary N) is 1. The van der Waals surface area contributed by atoms with Crippen molar-refractivity contribution in [3.8, 4) is 11.5 Å². The van der Waals surface area contributed by atoms with Gasteiger partial charge in [-0.3, -0.25) is 9.59 Å². The number of hydrogen-bond donors (Lipinski definition) is 2. The summed E-state index contributed by atoms with van der Waals surface area (Å²) >= 11 is 0. The van der Waals surface area contributed by atoms with Crippen molar-refractivity contribution in [2.45, 2.75) is 32.2 Å². The van der Waals surface area contributed by atoms with Gasteiger partial charge in [0.05, 0.1) is 18.9 Å². The highest BCUT2D eigenvalue weighted by Crippen LogP contribution is 2.31. The Morgan fingerprint density at radius 3 is 2.52 bits per heavy atom. The predicted molar refractivity (Wildman–Crippen MR) is 102 cm³/mol. The van der Waals surface area contributed by atoms with Gasteiger partial charge in [-0.2, -0.15) is 0 Å². The fraction of sp³-hybridized carbons (Fsp3) is 0.600. The monoisotopic (exact) mass is 378 g/mol. The zero-order valence-corrected chi connectivity index (χ0v) is 16.4. The quantitative estimate of drug-likeness (QED) is 0.685. The number of nitrogens with zero attached hydrogens (tertiary/aromatic N) is 1. The Morgan fingerprint density at radius 1 is 1.19 bits per heavy atom. The van der Waals surface area contributed by atoms with Crippen molar-refractivity contribution in [3.63, 3.8) is 0 Å². The molecule has 2 atom stereocenters. The smallest absolute Gasteiger partial charge is 0.307 e. The van der Waals surface area contributed by atoms with E-state index in [0.29, 0.717) is 37.5 Å². The number of likely N-dealkylation sites (N-methyl/N-ethyl adjacent to an activating group) is 1. The van der Waals surface area contributed by atoms with Crippen LogP contribution in [0.5, 0.6) is 11.5 Å². The zero-order chi connectivity index (χ0) is 19.8. The average Bonchev–Trinajstić information content (AvgIpc) is 2.66. The summed E-state index contributed by atoms with van der Waals surface area (Å²) < 4.78 is 11.1. The molecule has 7 heteroatoms. The Bertz CT molecular complexity index is 647. The van der Waals surface area contributed by atoms with Crippen molar-refractivity contribution in [2.75, 3.05) is 34.4 Å². The molecule has 0 aliphatic heterocycles. The van der Waals surface area contributed by atoms with Gasteiger partial charge in [0, 0.05) is 13.1 Å². The van der Waals surface area contributed by atoms with Crippen LogP contribution in [0.25, 0.3) is 0 Å². The zero-order valence-electron chi connectivity index (χ0n) is 16.4. The molecule has 150 valence electrons. The van der Waals surface area contributed by atoms with E-state index in [1.807, 2.05) is 37.2 Å². The number of rotatable bonds is 9. The molecule has 27 heavy (non-hydrogen) atoms. The van der Waals surface area contributed by atoms with Crippen LogP contribution in [0.3, 0.4) is 0 Å². The maximum Gasteiger partial charge on any atom is 0.307 e. The van der Waals surface area contributed by atoms with Gasteiger partial charge in [-0.1, -0.05) is 18.9 Å². The molecule has 0 heterocycles. The van der Waals surface area contributed by atoms with E-state index in [4.69, 9.17) is 9.47 Å². The van der Waals surface area contributed by atoms with Crippen molar-refractivity contribution in [3.05, 3.63) is 23.8 Å². The molecule has 1 fully saturated rings. The molecular formula is C20H30N2O5. The average molecular weight is 378 g/mol. The summed E-state index contributed by atoms with van der Waals surface area (Å²) in [6.07, 6.45) is 2.96. The normalized spacial score (nSPS) is 19.6. The fourth-order valence-electron chi connectivity index (χ4n) is 3.34. The van der Waals surface area contributed by atoms with Crippen LogP contribution in [0.4, 0.5) is 0 Å². The molecule has 2 N–H and O–H groups in total. The number of carboxylic acid groups (broad SMARTS) is 1. The van der Waals surface area contributed by atoms with Gasteiger partial charge in [0.25, 0.3) is 0 Å². The van der Waals surface area contributed by atoms with E-state index in [-0.39, 0.29) is 5.91 Å². The first-order valence-corrected chi connectivity index (χ1v) is 9.37. The highest BCUT2D eigenvalue weighted by molar-refractivity contribution is 5.84. The van der Waals surface area contributed by atoms with E-state index in [1.54, 1.807) is 7.11 Å². The lowest BCUT2D eigenvalue weighted by atomic mass is 9.78. The highest BCUT2D eigenvalue weighted by Gasteiger charge is 2.35. The molecule has 1 aromatic rings. The molecule has 0 saturated heterocycles. The second-order valence-corrected chi connectivity index (χ2v) is 7.19. The summed E-state index contributed by atoms with van der Waals surface area (Å²) in [4.78, 5) is 25.9. The largest absolute Gasteiger partial charge is 0.493 e. The number of carbonyl (C=O) groups excluding carboxylic acids is 1. The van der Waals surface area contributed by atoms with Gasteiger partial charge in [0.2, 0.25) is 5.91 Å². The number of carbonyl (C=O) groups is 2. The van der Waals surface area contributed by atoms with Crippen molar-refractivity contribution < 1.29 is 24.2 Å². The lowest BCUT2D eigenvalue weighted by Crippen LogP contribution is -2.39. The molecule has 0 radical (unpaired) electrons. The maximum absolute atomic E-state index is 12.5. The second kappa shape index (κ2) is 10.2. The Hall–Kier alpha value is -2.28. The SMILES string of the molecule is COc1ccc(CNC(=O)C2CCCCC2C(=O)O)cc1OCCN(C)C. The van der Waals surface area contributed by atoms with Gasteiger partial charge >= 0.3 is 5.97 Å². The van der Waals surface area contributed by atoms with E-state index in [9.17, 15) is 14.7 Å². The molecule has 2 unspecified atom stereocenters. The van der Waals surface area contributed by atoms with Crippen LogP contribution in [0.1, 0.15) is 31.2 Å². The second-order valence-electron chi connectivity index (χ2n) is 7.19. The summed E-state index contributed by atoms with van der Waals surface area (Å²) in [5.74, 6) is -0.831. The Morgan fingerprint density at radius 2 is 1.89 bits per heavy atom. The van der Waals surface area contributed by atoms with Crippen molar-refractivity contribution in [1.82, 2.24) is 10.2 Å². The molecule has 1 aliphatic rings. The molecule has 1 aliphatic carbocycles. The first kappa shape index (κ1) is 21.0. The molecule has 1 aromatic carbocycles. The Balaban J connectivity index is 1.97. The van der Waals surface area contributed by atoms with Gasteiger partial charge < -0.3 is 24.8 Å². The highest BCUT2D eigenvalue weighted by atomic mass is 16.5. The maximum atomic E-state index is 12.5. The van der Waals surface area contributed by atoms with Gasteiger partial charge in [-0.15, -0.1) is 0 Å². The van der Waals surface area contributed by atoms with Crippen LogP contribution in [0.15, 0.2) is 18.2 Å². The van der Waals surface area contributed by atoms with Crippen LogP contribution >= 0.6 is 0 Å². The number of benzene rings is 1. The van der Waals surface area contributed by atoms with Crippen LogP contribution in [0.2, 0.25) is 0 Å². The van der Waals surface area contributed by atoms with Crippen molar-refractivity contribution in [2.24, 2.45) is 11.8 Å². The summed E-state index contributed by atoms with van der Waals surface area (Å²) in [7, 11) is 5.54. The van der Waals surface area contributed by atoms with E-state index < -0.39 is 17.8 Å². The molecule has 2 rings (SSSR count). The van der Waals surface area contributed by atoms with Crippen molar-refractivity contribution >= 4 is 11.9 Å². The molecule has 0 aromatic heterocycles. The van der Waals surface area contributed by atoms with Gasteiger partial charge in [-0.05, 0) is 44.6 Å². The number of ether oxygens (including phenoxy) is 2. The number of amides is 1. The van der Waals surface area contributed by atoms with E-state index >= 15 is 0 Å². The molecule has 1 amide bonds. The van der Waals surface area contributed by atoms with Crippen molar-refractivity contribution in [1.29, 1.82) is 0 Å². The van der Waals surface area contributed by atoms with Crippen LogP contribution in [-0.4, -0.2) is 56.2 Å². The van der Waals surface area contributed by atoms with Gasteiger partial charge in [0.15, 0.2) is 11.5 Å². The number of hydrogen-bond acceptors (Lipinski definition) is 5. The summed E-state index contributed by atoms with van der Waals surface area (Å²) in [6.45, 7) is 1.64. The van der Waals surface area contributed by atoms with E-state index in [2.05, 4.69) is 5.32 Å². The minimum atomic E-state index is -0.879. The first-order chi connectivity index (χ1) is 12.9. The lowest BCUT2D eigenvalue weighted by molar-refractivity contribution is -0.148.